The van der Waals surface area contributed by atoms with Crippen LogP contribution in [0, 0.1) is 5.41 Å². The van der Waals surface area contributed by atoms with Gasteiger partial charge in [-0.15, -0.1) is 0 Å². The van der Waals surface area contributed by atoms with Crippen LogP contribution in [0.15, 0.2) is 29.2 Å². The minimum atomic E-state index is -3.78. The van der Waals surface area contributed by atoms with E-state index < -0.39 is 15.4 Å². The molecule has 17 heavy (non-hydrogen) atoms. The van der Waals surface area contributed by atoms with Crippen LogP contribution in [-0.2, 0) is 21.2 Å². The molecule has 1 aromatic rings. The first kappa shape index (κ1) is 13.9. The lowest BCUT2D eigenvalue weighted by Gasteiger charge is -2.17. The Bertz CT molecular complexity index is 527. The fourth-order valence-electron chi connectivity index (χ4n) is 1.37. The Kier molecular flexibility index (Phi) is 3.74. The van der Waals surface area contributed by atoms with Crippen LogP contribution in [0.5, 0.6) is 0 Å². The number of hydrogen-bond acceptors (Lipinski definition) is 3. The number of primary sulfonamides is 1. The molecule has 0 atom stereocenters. The lowest BCUT2D eigenvalue weighted by atomic mass is 9.87. The van der Waals surface area contributed by atoms with Gasteiger partial charge >= 0.3 is 0 Å². The fraction of sp³-hybridized carbons (Fsp3) is 0.417. The normalized spacial score (nSPS) is 12.5. The predicted molar refractivity (Wildman–Crippen MR) is 66.0 cm³/mol. The second-order valence-corrected chi connectivity index (χ2v) is 6.53. The molecule has 0 fully saturated rings. The zero-order valence-corrected chi connectivity index (χ0v) is 11.0. The molecule has 0 unspecified atom stereocenters. The minimum Gasteiger partial charge on any atom is -0.299 e. The van der Waals surface area contributed by atoms with Crippen molar-refractivity contribution in [2.45, 2.75) is 32.1 Å². The van der Waals surface area contributed by atoms with Crippen molar-refractivity contribution >= 4 is 15.8 Å². The summed E-state index contributed by atoms with van der Waals surface area (Å²) in [6.07, 6.45) is 0.0795. The topological polar surface area (TPSA) is 77.2 Å². The molecule has 0 amide bonds. The zero-order chi connectivity index (χ0) is 13.3. The van der Waals surface area contributed by atoms with Crippen molar-refractivity contribution in [1.29, 1.82) is 0 Å². The molecular formula is C12H17NO3S. The number of ketones is 1. The van der Waals surface area contributed by atoms with Crippen molar-refractivity contribution in [2.75, 3.05) is 0 Å². The van der Waals surface area contributed by atoms with Crippen molar-refractivity contribution in [3.8, 4) is 0 Å². The largest absolute Gasteiger partial charge is 0.299 e. The highest BCUT2D eigenvalue weighted by Crippen LogP contribution is 2.21. The van der Waals surface area contributed by atoms with E-state index in [1.165, 1.54) is 6.07 Å². The first-order chi connectivity index (χ1) is 7.62. The monoisotopic (exact) mass is 255 g/mol. The quantitative estimate of drug-likeness (QED) is 0.889. The Labute approximate surface area is 102 Å². The van der Waals surface area contributed by atoms with E-state index >= 15 is 0 Å². The molecule has 0 saturated carbocycles. The molecule has 0 radical (unpaired) electrons. The summed E-state index contributed by atoms with van der Waals surface area (Å²) in [7, 11) is -3.78. The second kappa shape index (κ2) is 4.58. The maximum Gasteiger partial charge on any atom is 0.238 e. The lowest BCUT2D eigenvalue weighted by molar-refractivity contribution is -0.125. The Balaban J connectivity index is 3.13. The Morgan fingerprint density at radius 2 is 1.76 bits per heavy atom. The maximum absolute atomic E-state index is 11.9. The summed E-state index contributed by atoms with van der Waals surface area (Å²) < 4.78 is 22.7. The smallest absolute Gasteiger partial charge is 0.238 e. The highest BCUT2D eigenvalue weighted by Gasteiger charge is 2.23. The molecule has 1 aromatic carbocycles. The fourth-order valence-corrected chi connectivity index (χ4v) is 2.14. The first-order valence-electron chi connectivity index (χ1n) is 5.26. The van der Waals surface area contributed by atoms with Gasteiger partial charge in [0.1, 0.15) is 5.78 Å². The third-order valence-electron chi connectivity index (χ3n) is 2.47. The van der Waals surface area contributed by atoms with Crippen molar-refractivity contribution in [1.82, 2.24) is 0 Å². The van der Waals surface area contributed by atoms with Gasteiger partial charge in [0, 0.05) is 11.8 Å². The van der Waals surface area contributed by atoms with E-state index in [4.69, 9.17) is 5.14 Å². The van der Waals surface area contributed by atoms with Gasteiger partial charge in [-0.25, -0.2) is 13.6 Å². The van der Waals surface area contributed by atoms with Crippen LogP contribution < -0.4 is 5.14 Å². The number of carbonyl (C=O) groups is 1. The summed E-state index contributed by atoms with van der Waals surface area (Å²) in [5.74, 6) is -0.0198. The predicted octanol–water partition coefficient (Wildman–Crippen LogP) is 1.49. The van der Waals surface area contributed by atoms with Crippen molar-refractivity contribution in [3.63, 3.8) is 0 Å². The van der Waals surface area contributed by atoms with Crippen LogP contribution in [0.25, 0.3) is 0 Å². The standard InChI is InChI=1S/C12H17NO3S/c1-12(2,3)11(14)8-9-6-4-5-7-10(9)17(13,15)16/h4-7H,8H2,1-3H3,(H2,13,15,16). The van der Waals surface area contributed by atoms with E-state index in [9.17, 15) is 13.2 Å². The molecule has 0 spiro atoms. The Morgan fingerprint density at radius 1 is 1.24 bits per heavy atom. The first-order valence-corrected chi connectivity index (χ1v) is 6.81. The molecule has 2 N–H and O–H groups in total. The number of benzene rings is 1. The van der Waals surface area contributed by atoms with E-state index in [1.807, 2.05) is 0 Å². The van der Waals surface area contributed by atoms with Crippen LogP contribution in [0.2, 0.25) is 0 Å². The summed E-state index contributed by atoms with van der Waals surface area (Å²) in [5, 5.41) is 5.10. The third-order valence-corrected chi connectivity index (χ3v) is 3.48. The SMILES string of the molecule is CC(C)(C)C(=O)Cc1ccccc1S(N)(=O)=O. The van der Waals surface area contributed by atoms with E-state index in [1.54, 1.807) is 39.0 Å². The summed E-state index contributed by atoms with van der Waals surface area (Å²) in [5.41, 5.74) is -0.0409. The molecule has 94 valence electrons. The van der Waals surface area contributed by atoms with Gasteiger partial charge in [-0.2, -0.15) is 0 Å². The van der Waals surface area contributed by atoms with Crippen LogP contribution in [0.1, 0.15) is 26.3 Å². The van der Waals surface area contributed by atoms with Crippen LogP contribution in [0.4, 0.5) is 0 Å². The van der Waals surface area contributed by atoms with Gasteiger partial charge in [0.15, 0.2) is 0 Å². The van der Waals surface area contributed by atoms with Crippen LogP contribution >= 0.6 is 0 Å². The number of hydrogen-bond donors (Lipinski definition) is 1. The Morgan fingerprint density at radius 3 is 2.24 bits per heavy atom. The minimum absolute atomic E-state index is 0.0198. The third kappa shape index (κ3) is 3.64. The lowest BCUT2D eigenvalue weighted by Crippen LogP contribution is -2.24. The summed E-state index contributed by atoms with van der Waals surface area (Å²) in [6, 6.07) is 6.31. The molecule has 1 rings (SSSR count). The van der Waals surface area contributed by atoms with Crippen LogP contribution in [0.3, 0.4) is 0 Å². The number of nitrogens with two attached hydrogens (primary N) is 1. The molecule has 0 aliphatic carbocycles. The molecule has 0 heterocycles. The van der Waals surface area contributed by atoms with Gasteiger partial charge in [-0.3, -0.25) is 4.79 Å². The number of sulfonamides is 1. The van der Waals surface area contributed by atoms with Crippen molar-refractivity contribution in [3.05, 3.63) is 29.8 Å². The number of carbonyl (C=O) groups excluding carboxylic acids is 1. The highest BCUT2D eigenvalue weighted by molar-refractivity contribution is 7.89. The van der Waals surface area contributed by atoms with Crippen molar-refractivity contribution < 1.29 is 13.2 Å². The van der Waals surface area contributed by atoms with E-state index in [2.05, 4.69) is 0 Å². The summed E-state index contributed by atoms with van der Waals surface area (Å²) in [4.78, 5) is 11.9. The van der Waals surface area contributed by atoms with Gasteiger partial charge < -0.3 is 0 Å². The summed E-state index contributed by atoms with van der Waals surface area (Å²) >= 11 is 0. The van der Waals surface area contributed by atoms with Gasteiger partial charge in [-0.1, -0.05) is 39.0 Å². The highest BCUT2D eigenvalue weighted by atomic mass is 32.2. The molecule has 0 bridgehead atoms. The van der Waals surface area contributed by atoms with E-state index in [0.29, 0.717) is 5.56 Å². The van der Waals surface area contributed by atoms with E-state index in [0.717, 1.165) is 0 Å². The molecule has 5 heteroatoms. The molecular weight excluding hydrogens is 238 g/mol. The second-order valence-electron chi connectivity index (χ2n) is 5.00. The van der Waals surface area contributed by atoms with Crippen molar-refractivity contribution in [2.24, 2.45) is 10.6 Å². The zero-order valence-electron chi connectivity index (χ0n) is 10.2. The van der Waals surface area contributed by atoms with E-state index in [-0.39, 0.29) is 17.1 Å². The molecule has 0 aromatic heterocycles. The van der Waals surface area contributed by atoms with Crippen LogP contribution in [-0.4, -0.2) is 14.2 Å². The number of Topliss-reactive ketones (excluding diaryl/α,β-unsaturated/α-hetero) is 1. The Hall–Kier alpha value is -1.20. The van der Waals surface area contributed by atoms with Gasteiger partial charge in [0.05, 0.1) is 4.90 Å². The van der Waals surface area contributed by atoms with Gasteiger partial charge in [0.25, 0.3) is 0 Å². The maximum atomic E-state index is 11.9. The van der Waals surface area contributed by atoms with Gasteiger partial charge in [0.2, 0.25) is 10.0 Å². The molecule has 0 aliphatic heterocycles. The molecule has 0 aliphatic rings. The average molecular weight is 255 g/mol. The summed E-state index contributed by atoms with van der Waals surface area (Å²) in [6.45, 7) is 5.40. The molecule has 4 nitrogen and oxygen atoms in total. The number of rotatable bonds is 3. The average Bonchev–Trinajstić information content (AvgIpc) is 2.15. The van der Waals surface area contributed by atoms with Gasteiger partial charge in [-0.05, 0) is 11.6 Å². The molecule has 0 saturated heterocycles.